The number of ether oxygens (including phenoxy) is 2. The Balaban J connectivity index is 3.05. The maximum Gasteiger partial charge on any atom is 0.164 e. The van der Waals surface area contributed by atoms with Crippen molar-refractivity contribution in [1.29, 1.82) is 0 Å². The summed E-state index contributed by atoms with van der Waals surface area (Å²) in [5, 5.41) is 18.2. The quantitative estimate of drug-likeness (QED) is 0.773. The summed E-state index contributed by atoms with van der Waals surface area (Å²) in [5.74, 6) is 1.26. The lowest BCUT2D eigenvalue weighted by atomic mass is 10.1. The van der Waals surface area contributed by atoms with Crippen LogP contribution in [0.2, 0.25) is 0 Å². The summed E-state index contributed by atoms with van der Waals surface area (Å²) in [6.45, 7) is 0.112. The number of phenols is 1. The molecule has 0 aliphatic heterocycles. The predicted molar refractivity (Wildman–Crippen MR) is 56.6 cm³/mol. The molecule has 0 saturated heterocycles. The Morgan fingerprint density at radius 1 is 1.20 bits per heavy atom. The molecule has 4 nitrogen and oxygen atoms in total. The Morgan fingerprint density at radius 3 is 2.47 bits per heavy atom. The molecule has 2 N–H and O–H groups in total. The third kappa shape index (κ3) is 2.76. The number of benzene rings is 1. The normalized spacial score (nSPS) is 10.1. The van der Waals surface area contributed by atoms with Gasteiger partial charge in [-0.2, -0.15) is 0 Å². The number of aliphatic hydroxyl groups is 1. The zero-order valence-corrected chi connectivity index (χ0v) is 8.99. The van der Waals surface area contributed by atoms with Crippen LogP contribution in [0.1, 0.15) is 12.0 Å². The maximum atomic E-state index is 9.45. The first-order valence-corrected chi connectivity index (χ1v) is 4.77. The molecule has 1 rings (SSSR count). The van der Waals surface area contributed by atoms with Gasteiger partial charge in [0.15, 0.2) is 11.5 Å². The van der Waals surface area contributed by atoms with Crippen LogP contribution < -0.4 is 9.47 Å². The van der Waals surface area contributed by atoms with Crippen LogP contribution in [0, 0.1) is 0 Å². The van der Waals surface area contributed by atoms with Crippen molar-refractivity contribution in [3.05, 3.63) is 17.7 Å². The monoisotopic (exact) mass is 212 g/mol. The number of methoxy groups -OCH3 is 2. The van der Waals surface area contributed by atoms with Gasteiger partial charge in [-0.3, -0.25) is 0 Å². The van der Waals surface area contributed by atoms with Crippen LogP contribution in [0.5, 0.6) is 17.2 Å². The van der Waals surface area contributed by atoms with Gasteiger partial charge in [0.05, 0.1) is 14.2 Å². The Morgan fingerprint density at radius 2 is 1.93 bits per heavy atom. The summed E-state index contributed by atoms with van der Waals surface area (Å²) in [5.41, 5.74) is 0.836. The van der Waals surface area contributed by atoms with Gasteiger partial charge in [0, 0.05) is 18.2 Å². The number of aromatic hydroxyl groups is 1. The van der Waals surface area contributed by atoms with Gasteiger partial charge >= 0.3 is 0 Å². The highest BCUT2D eigenvalue weighted by Gasteiger charge is 2.11. The number of hydrogen-bond acceptors (Lipinski definition) is 4. The molecule has 15 heavy (non-hydrogen) atoms. The van der Waals surface area contributed by atoms with Crippen LogP contribution in [-0.2, 0) is 6.42 Å². The molecule has 0 atom stereocenters. The standard InChI is InChI=1S/C11H16O4/c1-14-10-7-9(13)6-8(4-3-5-12)11(10)15-2/h6-7,12-13H,3-5H2,1-2H3. The van der Waals surface area contributed by atoms with Gasteiger partial charge in [-0.05, 0) is 18.9 Å². The van der Waals surface area contributed by atoms with E-state index >= 15 is 0 Å². The van der Waals surface area contributed by atoms with Crippen molar-refractivity contribution in [3.8, 4) is 17.2 Å². The van der Waals surface area contributed by atoms with Crippen molar-refractivity contribution < 1.29 is 19.7 Å². The number of aliphatic hydroxyl groups excluding tert-OH is 1. The van der Waals surface area contributed by atoms with Crippen molar-refractivity contribution >= 4 is 0 Å². The number of aryl methyl sites for hydroxylation is 1. The van der Waals surface area contributed by atoms with E-state index in [9.17, 15) is 5.11 Å². The first kappa shape index (κ1) is 11.7. The molecule has 0 fully saturated rings. The zero-order valence-electron chi connectivity index (χ0n) is 8.99. The molecule has 4 heteroatoms. The van der Waals surface area contributed by atoms with E-state index in [2.05, 4.69) is 0 Å². The molecule has 0 aliphatic carbocycles. The predicted octanol–water partition coefficient (Wildman–Crippen LogP) is 1.33. The van der Waals surface area contributed by atoms with E-state index in [4.69, 9.17) is 14.6 Å². The van der Waals surface area contributed by atoms with Crippen LogP contribution in [0.25, 0.3) is 0 Å². The third-order valence-corrected chi connectivity index (χ3v) is 2.14. The van der Waals surface area contributed by atoms with E-state index in [1.807, 2.05) is 0 Å². The van der Waals surface area contributed by atoms with Crippen molar-refractivity contribution in [1.82, 2.24) is 0 Å². The van der Waals surface area contributed by atoms with Crippen molar-refractivity contribution in [2.45, 2.75) is 12.8 Å². The molecule has 0 bridgehead atoms. The Kier molecular flexibility index (Phi) is 4.24. The fourth-order valence-electron chi connectivity index (χ4n) is 1.48. The summed E-state index contributed by atoms with van der Waals surface area (Å²) in [6.07, 6.45) is 1.27. The van der Waals surface area contributed by atoms with Gasteiger partial charge in [-0.1, -0.05) is 0 Å². The Labute approximate surface area is 89.1 Å². The molecular formula is C11H16O4. The molecule has 0 heterocycles. The van der Waals surface area contributed by atoms with E-state index in [1.54, 1.807) is 13.2 Å². The highest BCUT2D eigenvalue weighted by molar-refractivity contribution is 5.51. The molecule has 1 aromatic carbocycles. The molecule has 0 saturated carbocycles. The molecule has 0 unspecified atom stereocenters. The fourth-order valence-corrected chi connectivity index (χ4v) is 1.48. The minimum atomic E-state index is 0.112. The summed E-state index contributed by atoms with van der Waals surface area (Å²) < 4.78 is 10.3. The van der Waals surface area contributed by atoms with Crippen molar-refractivity contribution in [2.75, 3.05) is 20.8 Å². The number of hydrogen-bond donors (Lipinski definition) is 2. The lowest BCUT2D eigenvalue weighted by Crippen LogP contribution is -1.97. The van der Waals surface area contributed by atoms with E-state index < -0.39 is 0 Å². The van der Waals surface area contributed by atoms with Gasteiger partial charge in [-0.15, -0.1) is 0 Å². The van der Waals surface area contributed by atoms with Gasteiger partial charge in [0.1, 0.15) is 5.75 Å². The summed E-state index contributed by atoms with van der Waals surface area (Å²) in [7, 11) is 3.07. The first-order valence-electron chi connectivity index (χ1n) is 4.77. The largest absolute Gasteiger partial charge is 0.508 e. The zero-order chi connectivity index (χ0) is 11.3. The van der Waals surface area contributed by atoms with E-state index in [-0.39, 0.29) is 12.4 Å². The van der Waals surface area contributed by atoms with Crippen LogP contribution in [0.3, 0.4) is 0 Å². The molecule has 0 amide bonds. The lowest BCUT2D eigenvalue weighted by molar-refractivity contribution is 0.287. The minimum Gasteiger partial charge on any atom is -0.508 e. The van der Waals surface area contributed by atoms with Gasteiger partial charge in [0.2, 0.25) is 0 Å². The van der Waals surface area contributed by atoms with Gasteiger partial charge < -0.3 is 19.7 Å². The summed E-state index contributed by atoms with van der Waals surface area (Å²) in [4.78, 5) is 0. The van der Waals surface area contributed by atoms with Crippen LogP contribution in [0.4, 0.5) is 0 Å². The van der Waals surface area contributed by atoms with Gasteiger partial charge in [0.25, 0.3) is 0 Å². The van der Waals surface area contributed by atoms with Crippen LogP contribution in [-0.4, -0.2) is 31.0 Å². The molecule has 0 spiro atoms. The molecule has 1 aromatic rings. The van der Waals surface area contributed by atoms with Crippen molar-refractivity contribution in [3.63, 3.8) is 0 Å². The third-order valence-electron chi connectivity index (χ3n) is 2.14. The first-order chi connectivity index (χ1) is 7.22. The number of phenolic OH excluding ortho intramolecular Hbond substituents is 1. The van der Waals surface area contributed by atoms with E-state index in [0.29, 0.717) is 24.3 Å². The molecule has 0 radical (unpaired) electrons. The average Bonchev–Trinajstić information content (AvgIpc) is 2.25. The molecular weight excluding hydrogens is 196 g/mol. The second kappa shape index (κ2) is 5.46. The second-order valence-corrected chi connectivity index (χ2v) is 3.17. The topological polar surface area (TPSA) is 58.9 Å². The van der Waals surface area contributed by atoms with Gasteiger partial charge in [-0.25, -0.2) is 0 Å². The maximum absolute atomic E-state index is 9.45. The number of rotatable bonds is 5. The summed E-state index contributed by atoms with van der Waals surface area (Å²) >= 11 is 0. The SMILES string of the molecule is COc1cc(O)cc(CCCO)c1OC. The molecule has 0 aliphatic rings. The molecule has 84 valence electrons. The van der Waals surface area contributed by atoms with Crippen LogP contribution in [0.15, 0.2) is 12.1 Å². The highest BCUT2D eigenvalue weighted by atomic mass is 16.5. The van der Waals surface area contributed by atoms with Crippen molar-refractivity contribution in [2.24, 2.45) is 0 Å². The average molecular weight is 212 g/mol. The Bertz CT molecular complexity index is 323. The minimum absolute atomic E-state index is 0.112. The lowest BCUT2D eigenvalue weighted by Gasteiger charge is -2.12. The fraction of sp³-hybridized carbons (Fsp3) is 0.455. The van der Waals surface area contributed by atoms with E-state index in [0.717, 1.165) is 5.56 Å². The second-order valence-electron chi connectivity index (χ2n) is 3.17. The summed E-state index contributed by atoms with van der Waals surface area (Å²) in [6, 6.07) is 3.12. The highest BCUT2D eigenvalue weighted by Crippen LogP contribution is 2.35. The van der Waals surface area contributed by atoms with E-state index in [1.165, 1.54) is 13.2 Å². The molecule has 0 aromatic heterocycles. The Hall–Kier alpha value is -1.42. The smallest absolute Gasteiger partial charge is 0.164 e. The van der Waals surface area contributed by atoms with Crippen LogP contribution >= 0.6 is 0 Å².